The first-order valence-corrected chi connectivity index (χ1v) is 11.9. The average Bonchev–Trinajstić information content (AvgIpc) is 2.91. The Morgan fingerprint density at radius 1 is 0.946 bits per heavy atom. The standard InChI is InChI=1S/C28H29N5O4/c1-28(2,3)37-27(35)33-16-14-32(15-17-33)24-18-23(26(34)36-4)30-25(31-24)22-11-9-20(10-12-22)7-8-21-6-5-13-29-19-21/h5-6,9-13,18-19H,14-17H2,1-4H3. The Bertz CT molecular complexity index is 1320. The SMILES string of the molecule is COC(=O)c1cc(N2CCN(C(=O)OC(C)(C)C)CC2)nc(-c2ccc(C#Cc3cccnc3)cc2)n1. The highest BCUT2D eigenvalue weighted by atomic mass is 16.6. The summed E-state index contributed by atoms with van der Waals surface area (Å²) < 4.78 is 10.4. The number of rotatable bonds is 3. The molecule has 0 saturated carbocycles. The molecule has 1 saturated heterocycles. The van der Waals surface area contributed by atoms with Crippen molar-refractivity contribution in [2.24, 2.45) is 0 Å². The van der Waals surface area contributed by atoms with Crippen LogP contribution < -0.4 is 4.90 Å². The highest BCUT2D eigenvalue weighted by molar-refractivity contribution is 5.88. The molecule has 0 unspecified atom stereocenters. The summed E-state index contributed by atoms with van der Waals surface area (Å²) in [7, 11) is 1.32. The zero-order chi connectivity index (χ0) is 26.4. The molecule has 190 valence electrons. The van der Waals surface area contributed by atoms with Gasteiger partial charge in [-0.25, -0.2) is 19.6 Å². The van der Waals surface area contributed by atoms with Gasteiger partial charge in [0, 0.05) is 61.3 Å². The van der Waals surface area contributed by atoms with E-state index >= 15 is 0 Å². The summed E-state index contributed by atoms with van der Waals surface area (Å²) in [6.45, 7) is 7.57. The molecule has 0 spiro atoms. The minimum atomic E-state index is -0.551. The van der Waals surface area contributed by atoms with Crippen LogP contribution in [0.4, 0.5) is 10.6 Å². The van der Waals surface area contributed by atoms with Gasteiger partial charge in [-0.15, -0.1) is 0 Å². The number of piperazine rings is 1. The molecular formula is C28H29N5O4. The lowest BCUT2D eigenvalue weighted by molar-refractivity contribution is 0.0240. The monoisotopic (exact) mass is 499 g/mol. The molecule has 1 fully saturated rings. The number of aromatic nitrogens is 3. The van der Waals surface area contributed by atoms with E-state index in [-0.39, 0.29) is 11.8 Å². The van der Waals surface area contributed by atoms with Crippen molar-refractivity contribution in [2.45, 2.75) is 26.4 Å². The number of nitrogens with zero attached hydrogens (tertiary/aromatic N) is 5. The second kappa shape index (κ2) is 11.1. The van der Waals surface area contributed by atoms with Gasteiger partial charge in [-0.2, -0.15) is 0 Å². The van der Waals surface area contributed by atoms with Gasteiger partial charge in [0.25, 0.3) is 0 Å². The second-order valence-corrected chi connectivity index (χ2v) is 9.45. The molecule has 3 heterocycles. The van der Waals surface area contributed by atoms with Crippen LogP contribution in [-0.4, -0.2) is 70.8 Å². The minimum Gasteiger partial charge on any atom is -0.464 e. The Morgan fingerprint density at radius 2 is 1.65 bits per heavy atom. The van der Waals surface area contributed by atoms with Crippen LogP contribution in [0.15, 0.2) is 54.9 Å². The van der Waals surface area contributed by atoms with Crippen LogP contribution in [0.1, 0.15) is 42.4 Å². The highest BCUT2D eigenvalue weighted by Crippen LogP contribution is 2.23. The first-order valence-electron chi connectivity index (χ1n) is 11.9. The summed E-state index contributed by atoms with van der Waals surface area (Å²) >= 11 is 0. The summed E-state index contributed by atoms with van der Waals surface area (Å²) in [5.74, 6) is 6.64. The molecule has 1 aromatic carbocycles. The fourth-order valence-electron chi connectivity index (χ4n) is 3.66. The van der Waals surface area contributed by atoms with Gasteiger partial charge < -0.3 is 19.3 Å². The Hall–Kier alpha value is -4.45. The summed E-state index contributed by atoms with van der Waals surface area (Å²) in [6.07, 6.45) is 3.08. The number of esters is 1. The molecule has 4 rings (SSSR count). The van der Waals surface area contributed by atoms with E-state index in [1.54, 1.807) is 23.4 Å². The van der Waals surface area contributed by atoms with E-state index in [9.17, 15) is 9.59 Å². The van der Waals surface area contributed by atoms with Crippen LogP contribution in [0.5, 0.6) is 0 Å². The van der Waals surface area contributed by atoms with Crippen molar-refractivity contribution < 1.29 is 19.1 Å². The summed E-state index contributed by atoms with van der Waals surface area (Å²) in [5.41, 5.74) is 2.02. The quantitative estimate of drug-likeness (QED) is 0.397. The van der Waals surface area contributed by atoms with E-state index in [2.05, 4.69) is 21.8 Å². The number of hydrogen-bond donors (Lipinski definition) is 0. The Morgan fingerprint density at radius 3 is 2.27 bits per heavy atom. The predicted octanol–water partition coefficient (Wildman–Crippen LogP) is 3.78. The number of pyridine rings is 1. The van der Waals surface area contributed by atoms with Crippen LogP contribution in [0.3, 0.4) is 0 Å². The van der Waals surface area contributed by atoms with Crippen LogP contribution in [-0.2, 0) is 9.47 Å². The Kier molecular flexibility index (Phi) is 7.68. The van der Waals surface area contributed by atoms with Crippen LogP contribution in [0.25, 0.3) is 11.4 Å². The number of amides is 1. The normalized spacial score (nSPS) is 13.4. The Labute approximate surface area is 216 Å². The van der Waals surface area contributed by atoms with Crippen molar-refractivity contribution in [3.05, 3.63) is 71.7 Å². The molecule has 0 bridgehead atoms. The van der Waals surface area contributed by atoms with Crippen molar-refractivity contribution in [3.63, 3.8) is 0 Å². The number of hydrogen-bond acceptors (Lipinski definition) is 8. The molecule has 9 nitrogen and oxygen atoms in total. The summed E-state index contributed by atoms with van der Waals surface area (Å²) in [6, 6.07) is 12.9. The largest absolute Gasteiger partial charge is 0.464 e. The number of anilines is 1. The van der Waals surface area contributed by atoms with E-state index in [1.165, 1.54) is 7.11 Å². The minimum absolute atomic E-state index is 0.164. The van der Waals surface area contributed by atoms with Gasteiger partial charge >= 0.3 is 12.1 Å². The average molecular weight is 500 g/mol. The van der Waals surface area contributed by atoms with Crippen molar-refractivity contribution in [1.82, 2.24) is 19.9 Å². The summed E-state index contributed by atoms with van der Waals surface area (Å²) in [4.78, 5) is 41.7. The van der Waals surface area contributed by atoms with Gasteiger partial charge in [0.05, 0.1) is 7.11 Å². The number of benzene rings is 1. The first kappa shape index (κ1) is 25.6. The molecule has 2 aromatic heterocycles. The topological polar surface area (TPSA) is 97.8 Å². The molecular weight excluding hydrogens is 470 g/mol. The van der Waals surface area contributed by atoms with Gasteiger partial charge in [0.2, 0.25) is 0 Å². The van der Waals surface area contributed by atoms with Gasteiger partial charge in [0.15, 0.2) is 11.5 Å². The predicted molar refractivity (Wildman–Crippen MR) is 139 cm³/mol. The molecule has 37 heavy (non-hydrogen) atoms. The van der Waals surface area contributed by atoms with Crippen LogP contribution in [0, 0.1) is 11.8 Å². The van der Waals surface area contributed by atoms with Crippen molar-refractivity contribution in [3.8, 4) is 23.2 Å². The number of methoxy groups -OCH3 is 1. The summed E-state index contributed by atoms with van der Waals surface area (Å²) in [5, 5.41) is 0. The third kappa shape index (κ3) is 6.82. The van der Waals surface area contributed by atoms with E-state index < -0.39 is 11.6 Å². The van der Waals surface area contributed by atoms with Crippen molar-refractivity contribution >= 4 is 17.9 Å². The van der Waals surface area contributed by atoms with Gasteiger partial charge in [0.1, 0.15) is 11.4 Å². The molecule has 0 atom stereocenters. The van der Waals surface area contributed by atoms with Gasteiger partial charge in [-0.3, -0.25) is 4.98 Å². The molecule has 3 aromatic rings. The van der Waals surface area contributed by atoms with E-state index in [0.29, 0.717) is 37.8 Å². The molecule has 1 amide bonds. The maximum absolute atomic E-state index is 12.4. The van der Waals surface area contributed by atoms with Gasteiger partial charge in [-0.05, 0) is 57.2 Å². The lowest BCUT2D eigenvalue weighted by atomic mass is 10.1. The molecule has 0 aliphatic carbocycles. The maximum atomic E-state index is 12.4. The Balaban J connectivity index is 1.54. The first-order chi connectivity index (χ1) is 17.7. The van der Waals surface area contributed by atoms with E-state index in [0.717, 1.165) is 16.7 Å². The molecule has 1 aliphatic rings. The van der Waals surface area contributed by atoms with Gasteiger partial charge in [-0.1, -0.05) is 11.8 Å². The number of carbonyl (C=O) groups excluding carboxylic acids is 2. The zero-order valence-electron chi connectivity index (χ0n) is 21.4. The number of carbonyl (C=O) groups is 2. The van der Waals surface area contributed by atoms with Crippen molar-refractivity contribution in [1.29, 1.82) is 0 Å². The highest BCUT2D eigenvalue weighted by Gasteiger charge is 2.27. The molecule has 1 aliphatic heterocycles. The van der Waals surface area contributed by atoms with Crippen LogP contribution >= 0.6 is 0 Å². The number of ether oxygens (including phenoxy) is 2. The third-order valence-corrected chi connectivity index (χ3v) is 5.52. The van der Waals surface area contributed by atoms with Crippen LogP contribution in [0.2, 0.25) is 0 Å². The zero-order valence-corrected chi connectivity index (χ0v) is 21.4. The van der Waals surface area contributed by atoms with E-state index in [1.807, 2.05) is 62.1 Å². The van der Waals surface area contributed by atoms with Crippen molar-refractivity contribution in [2.75, 3.05) is 38.2 Å². The van der Waals surface area contributed by atoms with E-state index in [4.69, 9.17) is 14.5 Å². The lowest BCUT2D eigenvalue weighted by Gasteiger charge is -2.36. The fourth-order valence-corrected chi connectivity index (χ4v) is 3.66. The third-order valence-electron chi connectivity index (χ3n) is 5.52. The fraction of sp³-hybridized carbons (Fsp3) is 0.321. The molecule has 0 radical (unpaired) electrons. The molecule has 0 N–H and O–H groups in total. The second-order valence-electron chi connectivity index (χ2n) is 9.45. The lowest BCUT2D eigenvalue weighted by Crippen LogP contribution is -2.50. The smallest absolute Gasteiger partial charge is 0.410 e. The maximum Gasteiger partial charge on any atom is 0.410 e. The molecule has 9 heteroatoms.